The zero-order valence-corrected chi connectivity index (χ0v) is 11.5. The monoisotopic (exact) mass is 295 g/mol. The van der Waals surface area contributed by atoms with Gasteiger partial charge < -0.3 is 5.11 Å². The molecule has 0 saturated carbocycles. The van der Waals surface area contributed by atoms with Crippen LogP contribution in [-0.4, -0.2) is 26.3 Å². The quantitative estimate of drug-likeness (QED) is 0.669. The van der Waals surface area contributed by atoms with Crippen LogP contribution in [0.3, 0.4) is 0 Å². The van der Waals surface area contributed by atoms with E-state index in [1.54, 1.807) is 31.2 Å². The maximum absolute atomic E-state index is 11.2. The van der Waals surface area contributed by atoms with Gasteiger partial charge >= 0.3 is 5.97 Å². The van der Waals surface area contributed by atoms with Gasteiger partial charge in [-0.15, -0.1) is 5.10 Å². The third-order valence-corrected chi connectivity index (χ3v) is 3.40. The number of carbonyl (C=O) groups is 1. The van der Waals surface area contributed by atoms with E-state index in [4.69, 9.17) is 11.6 Å². The number of halogens is 1. The van der Waals surface area contributed by atoms with Gasteiger partial charge in [-0.1, -0.05) is 29.8 Å². The SMILES string of the molecule is Cc1nc(SC(=Cc2ccccc2Cl)C(=O)O)n[nH]1. The minimum atomic E-state index is -1.05. The molecule has 0 aliphatic carbocycles. The predicted molar refractivity (Wildman–Crippen MR) is 74.0 cm³/mol. The van der Waals surface area contributed by atoms with Gasteiger partial charge in [-0.3, -0.25) is 5.10 Å². The smallest absolute Gasteiger partial charge is 0.342 e. The minimum Gasteiger partial charge on any atom is -0.477 e. The molecule has 0 aliphatic heterocycles. The number of hydrogen-bond acceptors (Lipinski definition) is 4. The van der Waals surface area contributed by atoms with Crippen LogP contribution in [0.15, 0.2) is 34.3 Å². The number of carboxylic acid groups (broad SMARTS) is 1. The molecule has 2 rings (SSSR count). The fraction of sp³-hybridized carbons (Fsp3) is 0.0833. The predicted octanol–water partition coefficient (Wildman–Crippen LogP) is 2.98. The lowest BCUT2D eigenvalue weighted by Crippen LogP contribution is -1.97. The van der Waals surface area contributed by atoms with Gasteiger partial charge in [0.1, 0.15) is 10.7 Å². The molecule has 0 atom stereocenters. The second kappa shape index (κ2) is 5.90. The lowest BCUT2D eigenvalue weighted by molar-refractivity contribution is -0.131. The number of H-pyrrole nitrogens is 1. The fourth-order valence-electron chi connectivity index (χ4n) is 1.33. The van der Waals surface area contributed by atoms with Crippen LogP contribution in [-0.2, 0) is 4.79 Å². The molecule has 0 amide bonds. The van der Waals surface area contributed by atoms with Gasteiger partial charge in [-0.05, 0) is 36.4 Å². The summed E-state index contributed by atoms with van der Waals surface area (Å²) < 4.78 is 0. The number of aromatic nitrogens is 3. The van der Waals surface area contributed by atoms with Crippen LogP contribution in [0.25, 0.3) is 6.08 Å². The molecule has 7 heteroatoms. The highest BCUT2D eigenvalue weighted by Gasteiger charge is 2.13. The number of benzene rings is 1. The Balaban J connectivity index is 2.30. The summed E-state index contributed by atoms with van der Waals surface area (Å²) in [4.78, 5) is 15.4. The van der Waals surface area contributed by atoms with Crippen LogP contribution >= 0.6 is 23.4 Å². The molecule has 0 aliphatic rings. The highest BCUT2D eigenvalue weighted by molar-refractivity contribution is 8.04. The third kappa shape index (κ3) is 3.59. The largest absolute Gasteiger partial charge is 0.477 e. The van der Waals surface area contributed by atoms with Crippen LogP contribution in [0.1, 0.15) is 11.4 Å². The van der Waals surface area contributed by atoms with Gasteiger partial charge in [0.15, 0.2) is 0 Å². The van der Waals surface area contributed by atoms with E-state index in [-0.39, 0.29) is 4.91 Å². The lowest BCUT2D eigenvalue weighted by Gasteiger charge is -2.01. The van der Waals surface area contributed by atoms with Crippen LogP contribution in [0, 0.1) is 6.92 Å². The van der Waals surface area contributed by atoms with Crippen molar-refractivity contribution in [1.29, 1.82) is 0 Å². The molecule has 0 bridgehead atoms. The Kier molecular flexibility index (Phi) is 4.24. The lowest BCUT2D eigenvalue weighted by atomic mass is 10.2. The molecule has 98 valence electrons. The zero-order valence-electron chi connectivity index (χ0n) is 9.92. The van der Waals surface area contributed by atoms with Crippen LogP contribution in [0.2, 0.25) is 5.02 Å². The Morgan fingerprint density at radius 3 is 2.79 bits per heavy atom. The standard InChI is InChI=1S/C12H10ClN3O2S/c1-7-14-12(16-15-7)19-10(11(17)18)6-8-4-2-3-5-9(8)13/h2-6H,1H3,(H,17,18)(H,14,15,16). The number of nitrogens with zero attached hydrogens (tertiary/aromatic N) is 2. The first kappa shape index (κ1) is 13.6. The number of carboxylic acids is 1. The molecule has 0 radical (unpaired) electrons. The van der Waals surface area contributed by atoms with Crippen molar-refractivity contribution < 1.29 is 9.90 Å². The van der Waals surface area contributed by atoms with Crippen molar-refractivity contribution in [2.24, 2.45) is 0 Å². The topological polar surface area (TPSA) is 78.9 Å². The second-order valence-electron chi connectivity index (χ2n) is 3.64. The number of hydrogen-bond donors (Lipinski definition) is 2. The highest BCUT2D eigenvalue weighted by Crippen LogP contribution is 2.27. The Morgan fingerprint density at radius 2 is 2.21 bits per heavy atom. The van der Waals surface area contributed by atoms with E-state index in [9.17, 15) is 9.90 Å². The van der Waals surface area contributed by atoms with Crippen molar-refractivity contribution >= 4 is 35.4 Å². The molecule has 0 fully saturated rings. The van der Waals surface area contributed by atoms with E-state index >= 15 is 0 Å². The molecule has 2 N–H and O–H groups in total. The van der Waals surface area contributed by atoms with Gasteiger partial charge in [-0.25, -0.2) is 9.78 Å². The summed E-state index contributed by atoms with van der Waals surface area (Å²) in [6, 6.07) is 7.02. The maximum atomic E-state index is 11.2. The molecule has 1 heterocycles. The van der Waals surface area contributed by atoms with Crippen molar-refractivity contribution in [3.63, 3.8) is 0 Å². The molecule has 1 aromatic carbocycles. The van der Waals surface area contributed by atoms with Crippen molar-refractivity contribution in [3.05, 3.63) is 45.6 Å². The van der Waals surface area contributed by atoms with Gasteiger partial charge in [0.05, 0.1) is 0 Å². The average molecular weight is 296 g/mol. The Bertz CT molecular complexity index is 639. The van der Waals surface area contributed by atoms with E-state index in [1.165, 1.54) is 6.08 Å². The van der Waals surface area contributed by atoms with E-state index in [1.807, 2.05) is 0 Å². The first-order valence-electron chi connectivity index (χ1n) is 5.32. The summed E-state index contributed by atoms with van der Waals surface area (Å²) in [5.41, 5.74) is 0.640. The second-order valence-corrected chi connectivity index (χ2v) is 5.06. The maximum Gasteiger partial charge on any atom is 0.342 e. The number of aliphatic carboxylic acids is 1. The summed E-state index contributed by atoms with van der Waals surface area (Å²) in [5.74, 6) is -0.419. The average Bonchev–Trinajstić information content (AvgIpc) is 2.76. The molecule has 0 unspecified atom stereocenters. The van der Waals surface area contributed by atoms with E-state index in [0.29, 0.717) is 21.6 Å². The van der Waals surface area contributed by atoms with Crippen LogP contribution in [0.4, 0.5) is 0 Å². The van der Waals surface area contributed by atoms with Crippen LogP contribution < -0.4 is 0 Å². The summed E-state index contributed by atoms with van der Waals surface area (Å²) >= 11 is 6.97. The third-order valence-electron chi connectivity index (χ3n) is 2.18. The number of aryl methyl sites for hydroxylation is 1. The van der Waals surface area contributed by atoms with E-state index in [2.05, 4.69) is 15.2 Å². The summed E-state index contributed by atoms with van der Waals surface area (Å²) in [6.45, 7) is 1.75. The van der Waals surface area contributed by atoms with Crippen LogP contribution in [0.5, 0.6) is 0 Å². The molecular formula is C12H10ClN3O2S. The molecular weight excluding hydrogens is 286 g/mol. The molecule has 19 heavy (non-hydrogen) atoms. The molecule has 0 spiro atoms. The first-order chi connectivity index (χ1) is 9.06. The minimum absolute atomic E-state index is 0.104. The van der Waals surface area contributed by atoms with Crippen molar-refractivity contribution in [3.8, 4) is 0 Å². The Labute approximate surface area is 118 Å². The number of aromatic amines is 1. The Morgan fingerprint density at radius 1 is 1.47 bits per heavy atom. The van der Waals surface area contributed by atoms with Crippen molar-refractivity contribution in [1.82, 2.24) is 15.2 Å². The summed E-state index contributed by atoms with van der Waals surface area (Å²) in [7, 11) is 0. The van der Waals surface area contributed by atoms with Crippen molar-refractivity contribution in [2.75, 3.05) is 0 Å². The van der Waals surface area contributed by atoms with Gasteiger partial charge in [0.25, 0.3) is 0 Å². The number of rotatable bonds is 4. The normalized spacial score (nSPS) is 11.6. The van der Waals surface area contributed by atoms with Gasteiger partial charge in [0.2, 0.25) is 5.16 Å². The first-order valence-corrected chi connectivity index (χ1v) is 6.52. The van der Waals surface area contributed by atoms with Gasteiger partial charge in [0, 0.05) is 5.02 Å². The van der Waals surface area contributed by atoms with Crippen molar-refractivity contribution in [2.45, 2.75) is 12.1 Å². The van der Waals surface area contributed by atoms with E-state index in [0.717, 1.165) is 11.8 Å². The van der Waals surface area contributed by atoms with E-state index < -0.39 is 5.97 Å². The number of thioether (sulfide) groups is 1. The summed E-state index contributed by atoms with van der Waals surface area (Å²) in [5, 5.41) is 16.6. The van der Waals surface area contributed by atoms with Gasteiger partial charge in [-0.2, -0.15) is 0 Å². The number of nitrogens with one attached hydrogen (secondary N) is 1. The molecule has 1 aromatic heterocycles. The Hall–Kier alpha value is -1.79. The molecule has 2 aromatic rings. The fourth-order valence-corrected chi connectivity index (χ4v) is 2.27. The summed E-state index contributed by atoms with van der Waals surface area (Å²) in [6.07, 6.45) is 1.50. The molecule has 5 nitrogen and oxygen atoms in total. The molecule has 0 saturated heterocycles. The highest BCUT2D eigenvalue weighted by atomic mass is 35.5. The zero-order chi connectivity index (χ0) is 13.8.